The van der Waals surface area contributed by atoms with Crippen LogP contribution in [-0.2, 0) is 0 Å². The van der Waals surface area contributed by atoms with Crippen LogP contribution in [0.1, 0.15) is 5.56 Å². The fraction of sp³-hybridized carbons (Fsp3) is 0. The molecule has 0 heterocycles. The number of nitrogens with zero attached hydrogens (tertiary/aromatic N) is 1. The SMILES string of the molecule is N#Cc1ccc(-c2ccccc2-c2ccccc2F)cc1. The fourth-order valence-electron chi connectivity index (χ4n) is 2.37. The topological polar surface area (TPSA) is 23.8 Å². The lowest BCUT2D eigenvalue weighted by molar-refractivity contribution is 0.631. The Kier molecular flexibility index (Phi) is 3.49. The summed E-state index contributed by atoms with van der Waals surface area (Å²) in [6, 6.07) is 23.9. The highest BCUT2D eigenvalue weighted by Crippen LogP contribution is 2.33. The van der Waals surface area contributed by atoms with Crippen LogP contribution in [0.2, 0.25) is 0 Å². The van der Waals surface area contributed by atoms with Gasteiger partial charge in [-0.25, -0.2) is 4.39 Å². The predicted molar refractivity (Wildman–Crippen MR) is 82.0 cm³/mol. The van der Waals surface area contributed by atoms with Gasteiger partial charge in [-0.15, -0.1) is 0 Å². The summed E-state index contributed by atoms with van der Waals surface area (Å²) >= 11 is 0. The third-order valence-corrected chi connectivity index (χ3v) is 3.42. The summed E-state index contributed by atoms with van der Waals surface area (Å²) in [6.07, 6.45) is 0. The molecule has 0 saturated carbocycles. The van der Waals surface area contributed by atoms with Crippen molar-refractivity contribution in [2.24, 2.45) is 0 Å². The van der Waals surface area contributed by atoms with E-state index in [2.05, 4.69) is 6.07 Å². The molecule has 0 aromatic heterocycles. The highest BCUT2D eigenvalue weighted by molar-refractivity contribution is 5.83. The van der Waals surface area contributed by atoms with Crippen LogP contribution in [0.5, 0.6) is 0 Å². The molecule has 1 nitrogen and oxygen atoms in total. The molecule has 0 N–H and O–H groups in total. The van der Waals surface area contributed by atoms with E-state index in [0.717, 1.165) is 16.7 Å². The minimum atomic E-state index is -0.237. The van der Waals surface area contributed by atoms with Gasteiger partial charge in [0.05, 0.1) is 11.6 Å². The number of nitriles is 1. The summed E-state index contributed by atoms with van der Waals surface area (Å²) in [4.78, 5) is 0. The van der Waals surface area contributed by atoms with Gasteiger partial charge in [-0.2, -0.15) is 5.26 Å². The van der Waals surface area contributed by atoms with Gasteiger partial charge in [0.25, 0.3) is 0 Å². The Bertz CT molecular complexity index is 813. The van der Waals surface area contributed by atoms with Crippen molar-refractivity contribution in [1.29, 1.82) is 5.26 Å². The van der Waals surface area contributed by atoms with Crippen LogP contribution in [-0.4, -0.2) is 0 Å². The average Bonchev–Trinajstić information content (AvgIpc) is 2.55. The Labute approximate surface area is 122 Å². The molecular weight excluding hydrogens is 261 g/mol. The van der Waals surface area contributed by atoms with Gasteiger partial charge in [-0.05, 0) is 34.9 Å². The lowest BCUT2D eigenvalue weighted by Gasteiger charge is -2.11. The zero-order valence-electron chi connectivity index (χ0n) is 11.3. The molecule has 0 radical (unpaired) electrons. The molecule has 3 aromatic rings. The Morgan fingerprint density at radius 1 is 0.667 bits per heavy atom. The third kappa shape index (κ3) is 2.54. The summed E-state index contributed by atoms with van der Waals surface area (Å²) in [6.45, 7) is 0. The Hall–Kier alpha value is -2.92. The molecule has 0 bridgehead atoms. The van der Waals surface area contributed by atoms with Crippen molar-refractivity contribution in [1.82, 2.24) is 0 Å². The number of benzene rings is 3. The first kappa shape index (κ1) is 13.1. The average molecular weight is 273 g/mol. The molecule has 0 aliphatic rings. The summed E-state index contributed by atoms with van der Waals surface area (Å²) in [7, 11) is 0. The smallest absolute Gasteiger partial charge is 0.131 e. The molecule has 0 aliphatic carbocycles. The number of hydrogen-bond donors (Lipinski definition) is 0. The van der Waals surface area contributed by atoms with Crippen LogP contribution in [0.15, 0.2) is 72.8 Å². The standard InChI is InChI=1S/C19H12FN/c20-19-8-4-3-7-18(19)17-6-2-1-5-16(17)15-11-9-14(13-21)10-12-15/h1-12H. The van der Waals surface area contributed by atoms with Crippen molar-refractivity contribution in [3.8, 4) is 28.3 Å². The second kappa shape index (κ2) is 5.60. The molecule has 0 aliphatic heterocycles. The highest BCUT2D eigenvalue weighted by Gasteiger charge is 2.10. The Balaban J connectivity index is 2.16. The predicted octanol–water partition coefficient (Wildman–Crippen LogP) is 5.03. The maximum absolute atomic E-state index is 14.0. The summed E-state index contributed by atoms with van der Waals surface area (Å²) < 4.78 is 14.0. The summed E-state index contributed by atoms with van der Waals surface area (Å²) in [5, 5.41) is 8.87. The second-order valence-corrected chi connectivity index (χ2v) is 4.71. The van der Waals surface area contributed by atoms with Gasteiger partial charge in [0, 0.05) is 5.56 Å². The molecule has 2 heteroatoms. The van der Waals surface area contributed by atoms with Gasteiger partial charge < -0.3 is 0 Å². The minimum Gasteiger partial charge on any atom is -0.206 e. The molecule has 0 saturated heterocycles. The van der Waals surface area contributed by atoms with E-state index >= 15 is 0 Å². The lowest BCUT2D eigenvalue weighted by Crippen LogP contribution is -1.88. The van der Waals surface area contributed by atoms with E-state index in [9.17, 15) is 4.39 Å². The molecule has 3 rings (SSSR count). The van der Waals surface area contributed by atoms with Gasteiger partial charge in [0.15, 0.2) is 0 Å². The highest BCUT2D eigenvalue weighted by atomic mass is 19.1. The Morgan fingerprint density at radius 2 is 1.24 bits per heavy atom. The zero-order valence-corrected chi connectivity index (χ0v) is 11.3. The van der Waals surface area contributed by atoms with Gasteiger partial charge >= 0.3 is 0 Å². The number of rotatable bonds is 2. The van der Waals surface area contributed by atoms with Crippen molar-refractivity contribution in [2.45, 2.75) is 0 Å². The molecular formula is C19H12FN. The van der Waals surface area contributed by atoms with Crippen LogP contribution in [0.4, 0.5) is 4.39 Å². The van der Waals surface area contributed by atoms with Crippen molar-refractivity contribution >= 4 is 0 Å². The molecule has 0 amide bonds. The quantitative estimate of drug-likeness (QED) is 0.642. The van der Waals surface area contributed by atoms with Crippen LogP contribution >= 0.6 is 0 Å². The van der Waals surface area contributed by atoms with Crippen LogP contribution in [0, 0.1) is 17.1 Å². The van der Waals surface area contributed by atoms with E-state index in [0.29, 0.717) is 11.1 Å². The third-order valence-electron chi connectivity index (χ3n) is 3.42. The maximum Gasteiger partial charge on any atom is 0.131 e. The minimum absolute atomic E-state index is 0.237. The lowest BCUT2D eigenvalue weighted by atomic mass is 9.94. The first-order chi connectivity index (χ1) is 10.3. The van der Waals surface area contributed by atoms with Gasteiger partial charge in [-0.3, -0.25) is 0 Å². The normalized spacial score (nSPS) is 10.1. The van der Waals surface area contributed by atoms with Crippen LogP contribution in [0.25, 0.3) is 22.3 Å². The molecule has 3 aromatic carbocycles. The first-order valence-corrected chi connectivity index (χ1v) is 6.64. The first-order valence-electron chi connectivity index (χ1n) is 6.64. The molecule has 100 valence electrons. The number of halogens is 1. The van der Waals surface area contributed by atoms with E-state index in [1.165, 1.54) is 6.07 Å². The van der Waals surface area contributed by atoms with Gasteiger partial charge in [0.2, 0.25) is 0 Å². The van der Waals surface area contributed by atoms with Crippen molar-refractivity contribution in [3.63, 3.8) is 0 Å². The van der Waals surface area contributed by atoms with E-state index < -0.39 is 0 Å². The summed E-state index contributed by atoms with van der Waals surface area (Å²) in [5.41, 5.74) is 3.96. The molecule has 21 heavy (non-hydrogen) atoms. The van der Waals surface area contributed by atoms with E-state index in [1.54, 1.807) is 24.3 Å². The molecule has 0 unspecified atom stereocenters. The van der Waals surface area contributed by atoms with Crippen LogP contribution in [0.3, 0.4) is 0 Å². The maximum atomic E-state index is 14.0. The number of hydrogen-bond acceptors (Lipinski definition) is 1. The fourth-order valence-corrected chi connectivity index (χ4v) is 2.37. The van der Waals surface area contributed by atoms with E-state index in [1.807, 2.05) is 42.5 Å². The monoisotopic (exact) mass is 273 g/mol. The zero-order chi connectivity index (χ0) is 14.7. The van der Waals surface area contributed by atoms with Crippen LogP contribution < -0.4 is 0 Å². The molecule has 0 atom stereocenters. The summed E-state index contributed by atoms with van der Waals surface area (Å²) in [5.74, 6) is -0.237. The van der Waals surface area contributed by atoms with Gasteiger partial charge in [-0.1, -0.05) is 54.6 Å². The second-order valence-electron chi connectivity index (χ2n) is 4.71. The van der Waals surface area contributed by atoms with Gasteiger partial charge in [0.1, 0.15) is 5.82 Å². The Morgan fingerprint density at radius 3 is 1.86 bits per heavy atom. The molecule has 0 fully saturated rings. The van der Waals surface area contributed by atoms with E-state index in [4.69, 9.17) is 5.26 Å². The van der Waals surface area contributed by atoms with E-state index in [-0.39, 0.29) is 5.82 Å². The largest absolute Gasteiger partial charge is 0.206 e. The van der Waals surface area contributed by atoms with Crippen molar-refractivity contribution in [2.75, 3.05) is 0 Å². The van der Waals surface area contributed by atoms with Crippen molar-refractivity contribution < 1.29 is 4.39 Å². The van der Waals surface area contributed by atoms with Crippen molar-refractivity contribution in [3.05, 3.63) is 84.2 Å². The molecule has 0 spiro atoms.